The van der Waals surface area contributed by atoms with Crippen molar-refractivity contribution in [3.63, 3.8) is 0 Å². The molecule has 0 rings (SSSR count). The molecule has 14 heteroatoms. The number of primary amides is 1. The van der Waals surface area contributed by atoms with Crippen LogP contribution < -0.4 is 5.73 Å². The fraction of sp³-hybridized carbons (Fsp3) is 0.381. The minimum atomic E-state index is -0.935. The maximum atomic E-state index is 9.60. The number of carboxylic acids is 4. The smallest absolute Gasteiger partial charge is 0.404 e. The largest absolute Gasteiger partial charge is 0.478 e. The first-order valence-electron chi connectivity index (χ1n) is 9.62. The number of carboxylic acid groups (broad SMARTS) is 4. The lowest BCUT2D eigenvalue weighted by atomic mass is 10.4. The second-order valence-electron chi connectivity index (χ2n) is 6.38. The Kier molecular flexibility index (Phi) is 39.3. The SMILES string of the molecule is C=C(C)C(=O)O.C=C(C)C(=O)O.C=C(C)C(=O)O.C=C(C)C(=O)O.CCOC(N)=O.C[SiH](C)O[SiH3]. The molecule has 0 aliphatic heterocycles. The van der Waals surface area contributed by atoms with Gasteiger partial charge in [-0.2, -0.15) is 0 Å². The summed E-state index contributed by atoms with van der Waals surface area (Å²) in [5.41, 5.74) is 5.25. The zero-order valence-corrected chi connectivity index (χ0v) is 25.0. The van der Waals surface area contributed by atoms with Crippen LogP contribution in [0.25, 0.3) is 0 Å². The summed E-state index contributed by atoms with van der Waals surface area (Å²) in [7, 11) is 0.347. The van der Waals surface area contributed by atoms with Gasteiger partial charge in [0, 0.05) is 22.3 Å². The Morgan fingerprint density at radius 3 is 0.857 bits per heavy atom. The summed E-state index contributed by atoms with van der Waals surface area (Å²) in [4.78, 5) is 48.0. The molecule has 0 fully saturated rings. The van der Waals surface area contributed by atoms with Gasteiger partial charge in [-0.05, 0) is 47.7 Å². The summed E-state index contributed by atoms with van der Waals surface area (Å²) in [6, 6.07) is 0. The van der Waals surface area contributed by atoms with Crippen LogP contribution in [0.3, 0.4) is 0 Å². The number of rotatable bonds is 6. The van der Waals surface area contributed by atoms with Crippen molar-refractivity contribution >= 4 is 49.5 Å². The van der Waals surface area contributed by atoms with Crippen molar-refractivity contribution in [2.24, 2.45) is 5.73 Å². The Morgan fingerprint density at radius 1 is 0.714 bits per heavy atom. The normalized spacial score (nSPS) is 7.89. The molecule has 0 aliphatic rings. The molecule has 0 radical (unpaired) electrons. The molecular formula is C21H41NO11Si2. The number of ether oxygens (including phenoxy) is 1. The third-order valence-electron chi connectivity index (χ3n) is 2.22. The Balaban J connectivity index is -0.0000000722. The van der Waals surface area contributed by atoms with E-state index in [1.807, 2.05) is 0 Å². The minimum absolute atomic E-state index is 0.176. The highest BCUT2D eigenvalue weighted by Gasteiger charge is 1.91. The van der Waals surface area contributed by atoms with Crippen LogP contribution in [0.15, 0.2) is 48.6 Å². The van der Waals surface area contributed by atoms with E-state index < -0.39 is 39.0 Å². The average molecular weight is 540 g/mol. The van der Waals surface area contributed by atoms with Crippen LogP contribution in [-0.2, 0) is 28.0 Å². The first-order valence-corrected chi connectivity index (χ1v) is 13.2. The topological polar surface area (TPSA) is 211 Å². The molecule has 0 unspecified atom stereocenters. The van der Waals surface area contributed by atoms with Gasteiger partial charge in [-0.15, -0.1) is 0 Å². The lowest BCUT2D eigenvalue weighted by molar-refractivity contribution is -0.133. The fourth-order valence-electron chi connectivity index (χ4n) is 0.142. The van der Waals surface area contributed by atoms with E-state index in [0.29, 0.717) is 6.61 Å². The third kappa shape index (κ3) is 80.9. The van der Waals surface area contributed by atoms with E-state index in [2.05, 4.69) is 49.9 Å². The predicted molar refractivity (Wildman–Crippen MR) is 141 cm³/mol. The van der Waals surface area contributed by atoms with Crippen molar-refractivity contribution in [2.45, 2.75) is 47.7 Å². The van der Waals surface area contributed by atoms with Gasteiger partial charge in [0.25, 0.3) is 0 Å². The number of nitrogens with two attached hydrogens (primary N) is 1. The van der Waals surface area contributed by atoms with E-state index in [1.54, 1.807) is 6.92 Å². The molecule has 0 spiro atoms. The average Bonchev–Trinajstić information content (AvgIpc) is 2.69. The lowest BCUT2D eigenvalue weighted by Gasteiger charge is -1.93. The highest BCUT2D eigenvalue weighted by atomic mass is 28.3. The number of hydrogen-bond acceptors (Lipinski definition) is 7. The molecule has 0 saturated carbocycles. The minimum Gasteiger partial charge on any atom is -0.478 e. The van der Waals surface area contributed by atoms with Crippen molar-refractivity contribution in [3.8, 4) is 0 Å². The van der Waals surface area contributed by atoms with Gasteiger partial charge in [0.15, 0.2) is 9.04 Å². The van der Waals surface area contributed by atoms with Crippen molar-refractivity contribution in [3.05, 3.63) is 48.6 Å². The zero-order valence-electron chi connectivity index (χ0n) is 21.8. The van der Waals surface area contributed by atoms with Crippen LogP contribution >= 0.6 is 0 Å². The maximum Gasteiger partial charge on any atom is 0.404 e. The Bertz CT molecular complexity index is 574. The van der Waals surface area contributed by atoms with Gasteiger partial charge in [0.2, 0.25) is 0 Å². The second-order valence-corrected chi connectivity index (χ2v) is 10.4. The van der Waals surface area contributed by atoms with Gasteiger partial charge >= 0.3 is 30.0 Å². The molecule has 0 bridgehead atoms. The molecule has 0 heterocycles. The Labute approximate surface area is 211 Å². The Hall–Kier alpha value is -3.50. The molecule has 0 aliphatic carbocycles. The van der Waals surface area contributed by atoms with Gasteiger partial charge in [-0.3, -0.25) is 0 Å². The van der Waals surface area contributed by atoms with Crippen molar-refractivity contribution in [1.29, 1.82) is 0 Å². The number of carbonyl (C=O) groups excluding carboxylic acids is 1. The standard InChI is InChI=1S/4C4H6O2.C3H7NO2.C2H10OSi2/c4*1-3(2)4(5)6;1-2-6-3(4)5;1-5(2)3-4/h4*1H2,2H3,(H,5,6);2H2,1H3,(H2,4,5);5H,1-2,4H3. The van der Waals surface area contributed by atoms with Crippen molar-refractivity contribution in [1.82, 2.24) is 0 Å². The van der Waals surface area contributed by atoms with Gasteiger partial charge < -0.3 is 35.0 Å². The molecular weight excluding hydrogens is 498 g/mol. The molecule has 6 N–H and O–H groups in total. The van der Waals surface area contributed by atoms with E-state index in [0.717, 1.165) is 10.5 Å². The second kappa shape index (κ2) is 30.5. The molecule has 35 heavy (non-hydrogen) atoms. The van der Waals surface area contributed by atoms with Gasteiger partial charge in [-0.25, -0.2) is 24.0 Å². The molecule has 1 amide bonds. The molecule has 0 aromatic carbocycles. The molecule has 0 aromatic heterocycles. The summed E-state index contributed by atoms with van der Waals surface area (Å²) in [5.74, 6) is -3.74. The zero-order chi connectivity index (χ0) is 29.9. The van der Waals surface area contributed by atoms with E-state index >= 15 is 0 Å². The summed E-state index contributed by atoms with van der Waals surface area (Å²) in [6.07, 6.45) is -0.711. The Morgan fingerprint density at radius 2 is 0.857 bits per heavy atom. The van der Waals surface area contributed by atoms with Crippen LogP contribution in [0, 0.1) is 0 Å². The summed E-state index contributed by atoms with van der Waals surface area (Å²) in [5, 5.41) is 31.6. The van der Waals surface area contributed by atoms with E-state index in [9.17, 15) is 24.0 Å². The van der Waals surface area contributed by atoms with Gasteiger partial charge in [0.05, 0.1) is 6.61 Å². The van der Waals surface area contributed by atoms with Crippen molar-refractivity contribution in [2.75, 3.05) is 6.61 Å². The number of amides is 1. The summed E-state index contributed by atoms with van der Waals surface area (Å²) in [6.45, 7) is 24.8. The third-order valence-corrected chi connectivity index (χ3v) is 5.99. The van der Waals surface area contributed by atoms with Gasteiger partial charge in [-0.1, -0.05) is 26.3 Å². The fourth-order valence-corrected chi connectivity index (χ4v) is 0.142. The number of hydrogen-bond donors (Lipinski definition) is 5. The summed E-state index contributed by atoms with van der Waals surface area (Å²) < 4.78 is 9.21. The molecule has 12 nitrogen and oxygen atoms in total. The molecule has 0 atom stereocenters. The highest BCUT2D eigenvalue weighted by Crippen LogP contribution is 1.82. The van der Waals surface area contributed by atoms with Crippen LogP contribution in [0.4, 0.5) is 4.79 Å². The number of carbonyl (C=O) groups is 5. The van der Waals surface area contributed by atoms with E-state index in [-0.39, 0.29) is 22.3 Å². The monoisotopic (exact) mass is 539 g/mol. The predicted octanol–water partition coefficient (Wildman–Crippen LogP) is 1.96. The number of aliphatic carboxylic acids is 4. The summed E-state index contributed by atoms with van der Waals surface area (Å²) >= 11 is 0. The molecule has 204 valence electrons. The molecule has 0 saturated heterocycles. The quantitative estimate of drug-likeness (QED) is 0.243. The highest BCUT2D eigenvalue weighted by molar-refractivity contribution is 6.52. The first kappa shape index (κ1) is 45.1. The molecule has 0 aromatic rings. The van der Waals surface area contributed by atoms with Crippen LogP contribution in [-0.4, -0.2) is 76.5 Å². The lowest BCUT2D eigenvalue weighted by Crippen LogP contribution is -2.11. The van der Waals surface area contributed by atoms with E-state index in [4.69, 9.17) is 24.5 Å². The van der Waals surface area contributed by atoms with Gasteiger partial charge in [0.1, 0.15) is 10.5 Å². The van der Waals surface area contributed by atoms with Crippen LogP contribution in [0.5, 0.6) is 0 Å². The maximum absolute atomic E-state index is 9.60. The van der Waals surface area contributed by atoms with Crippen LogP contribution in [0.2, 0.25) is 13.1 Å². The van der Waals surface area contributed by atoms with Crippen LogP contribution in [0.1, 0.15) is 34.6 Å². The van der Waals surface area contributed by atoms with Crippen molar-refractivity contribution < 1.29 is 53.3 Å². The van der Waals surface area contributed by atoms with E-state index in [1.165, 1.54) is 27.7 Å². The first-order chi connectivity index (χ1) is 15.6.